The van der Waals surface area contributed by atoms with Gasteiger partial charge in [0.15, 0.2) is 7.14 Å². The lowest BCUT2D eigenvalue weighted by atomic mass is 10.1. The lowest BCUT2D eigenvalue weighted by Crippen LogP contribution is -2.25. The van der Waals surface area contributed by atoms with Gasteiger partial charge in [0.2, 0.25) is 0 Å². The zero-order valence-electron chi connectivity index (χ0n) is 24.0. The van der Waals surface area contributed by atoms with Crippen molar-refractivity contribution >= 4 is 59.5 Å². The monoisotopic (exact) mass is 587 g/mol. The Hall–Kier alpha value is -5.44. The molecule has 3 heterocycles. The van der Waals surface area contributed by atoms with Crippen LogP contribution in [0.4, 0.5) is 0 Å². The molecule has 0 aliphatic heterocycles. The van der Waals surface area contributed by atoms with Crippen LogP contribution >= 0.6 is 7.14 Å². The number of rotatable bonds is 9. The van der Waals surface area contributed by atoms with Crippen molar-refractivity contribution in [1.82, 2.24) is 15.0 Å². The van der Waals surface area contributed by atoms with E-state index in [-0.39, 0.29) is 0 Å². The third-order valence-corrected chi connectivity index (χ3v) is 10.4. The molecule has 0 aliphatic rings. The summed E-state index contributed by atoms with van der Waals surface area (Å²) in [5.74, 6) is 0. The zero-order valence-corrected chi connectivity index (χ0v) is 24.9. The van der Waals surface area contributed by atoms with Crippen LogP contribution in [-0.2, 0) is 4.57 Å². The molecule has 4 nitrogen and oxygen atoms in total. The van der Waals surface area contributed by atoms with Crippen LogP contribution < -0.4 is 15.9 Å². The predicted octanol–water partition coefficient (Wildman–Crippen LogP) is 8.02. The summed E-state index contributed by atoms with van der Waals surface area (Å²) in [5, 5.41) is 2.37. The van der Waals surface area contributed by atoms with Gasteiger partial charge in [0.05, 0.1) is 0 Å². The molecule has 0 spiro atoms. The normalized spacial score (nSPS) is 13.0. The van der Waals surface area contributed by atoms with Gasteiger partial charge >= 0.3 is 0 Å². The van der Waals surface area contributed by atoms with Crippen LogP contribution in [-0.4, -0.2) is 15.0 Å². The molecule has 0 saturated heterocycles. The first-order chi connectivity index (χ1) is 21.7. The van der Waals surface area contributed by atoms with Gasteiger partial charge in [0.25, 0.3) is 0 Å². The third-order valence-electron chi connectivity index (χ3n) is 7.29. The standard InChI is InChI=1S/C39H30N3OP/c43-44(37-13-7-31(8-14-37)1-4-34-19-25-40-26-20-34,38-15-9-32(10-16-38)2-5-35-21-27-41-28-22-35)39-17-11-33(12-18-39)3-6-36-23-29-42-30-24-36/h1-30H. The molecule has 0 N–H and O–H groups in total. The molecule has 3 aromatic carbocycles. The van der Waals surface area contributed by atoms with E-state index in [9.17, 15) is 0 Å². The van der Waals surface area contributed by atoms with E-state index in [0.29, 0.717) is 0 Å². The van der Waals surface area contributed by atoms with Crippen molar-refractivity contribution in [3.8, 4) is 0 Å². The number of pyridine rings is 3. The van der Waals surface area contributed by atoms with Gasteiger partial charge in [0, 0.05) is 53.1 Å². The molecular formula is C39H30N3OP. The Morgan fingerprint density at radius 2 is 0.523 bits per heavy atom. The van der Waals surface area contributed by atoms with Gasteiger partial charge in [-0.3, -0.25) is 15.0 Å². The van der Waals surface area contributed by atoms with Crippen molar-refractivity contribution in [2.45, 2.75) is 0 Å². The summed E-state index contributed by atoms with van der Waals surface area (Å²) in [6.07, 6.45) is 23.0. The van der Waals surface area contributed by atoms with Gasteiger partial charge < -0.3 is 4.57 Å². The number of hydrogen-bond donors (Lipinski definition) is 0. The number of benzene rings is 3. The minimum absolute atomic E-state index is 0.790. The Labute approximate surface area is 258 Å². The molecule has 0 atom stereocenters. The van der Waals surface area contributed by atoms with Gasteiger partial charge in [-0.15, -0.1) is 0 Å². The molecule has 3 aromatic heterocycles. The molecule has 44 heavy (non-hydrogen) atoms. The maximum absolute atomic E-state index is 15.2. The Bertz CT molecular complexity index is 1700. The van der Waals surface area contributed by atoms with Crippen LogP contribution in [0, 0.1) is 0 Å². The second-order valence-corrected chi connectivity index (χ2v) is 13.0. The zero-order chi connectivity index (χ0) is 30.0. The molecule has 0 aliphatic carbocycles. The third kappa shape index (κ3) is 6.95. The summed E-state index contributed by atoms with van der Waals surface area (Å²) < 4.78 is 15.2. The maximum Gasteiger partial charge on any atom is 0.171 e. The fourth-order valence-electron chi connectivity index (χ4n) is 4.83. The Morgan fingerprint density at radius 3 is 0.750 bits per heavy atom. The smallest absolute Gasteiger partial charge is 0.171 e. The first-order valence-electron chi connectivity index (χ1n) is 14.3. The highest BCUT2D eigenvalue weighted by Gasteiger charge is 2.29. The maximum atomic E-state index is 15.2. The van der Waals surface area contributed by atoms with Crippen molar-refractivity contribution in [3.63, 3.8) is 0 Å². The number of hydrogen-bond acceptors (Lipinski definition) is 4. The SMILES string of the molecule is O=P(c1ccc(C=Cc2ccncc2)cc1)(c1ccc(C=Cc2ccncc2)cc1)c1ccc(C=Cc2ccncc2)cc1. The molecule has 6 rings (SSSR count). The average molecular weight is 588 g/mol. The van der Waals surface area contributed by atoms with Crippen LogP contribution in [0.15, 0.2) is 146 Å². The van der Waals surface area contributed by atoms with E-state index in [1.165, 1.54) is 0 Å². The Morgan fingerprint density at radius 1 is 0.318 bits per heavy atom. The highest BCUT2D eigenvalue weighted by atomic mass is 31.2. The second-order valence-electron chi connectivity index (χ2n) is 10.2. The minimum atomic E-state index is -3.16. The summed E-state index contributed by atoms with van der Waals surface area (Å²) in [6.45, 7) is 0. The van der Waals surface area contributed by atoms with Gasteiger partial charge in [0.1, 0.15) is 0 Å². The van der Waals surface area contributed by atoms with Crippen molar-refractivity contribution in [2.75, 3.05) is 0 Å². The lowest BCUT2D eigenvalue weighted by Gasteiger charge is -2.20. The molecule has 5 heteroatoms. The molecule has 6 aromatic rings. The molecule has 0 saturated carbocycles. The van der Waals surface area contributed by atoms with Gasteiger partial charge in [-0.2, -0.15) is 0 Å². The second kappa shape index (κ2) is 13.7. The quantitative estimate of drug-likeness (QED) is 0.161. The lowest BCUT2D eigenvalue weighted by molar-refractivity contribution is 0.592. The first-order valence-corrected chi connectivity index (χ1v) is 16.0. The Kier molecular flexibility index (Phi) is 8.92. The van der Waals surface area contributed by atoms with E-state index in [4.69, 9.17) is 0 Å². The molecule has 0 amide bonds. The van der Waals surface area contributed by atoms with E-state index in [0.717, 1.165) is 49.3 Å². The van der Waals surface area contributed by atoms with Crippen LogP contribution in [0.5, 0.6) is 0 Å². The van der Waals surface area contributed by atoms with E-state index in [1.54, 1.807) is 37.2 Å². The van der Waals surface area contributed by atoms with E-state index in [1.807, 2.05) is 127 Å². The topological polar surface area (TPSA) is 55.7 Å². The van der Waals surface area contributed by atoms with Crippen LogP contribution in [0.2, 0.25) is 0 Å². The van der Waals surface area contributed by atoms with Crippen molar-refractivity contribution in [2.24, 2.45) is 0 Å². The fraction of sp³-hybridized carbons (Fsp3) is 0. The average Bonchev–Trinajstić information content (AvgIpc) is 3.10. The van der Waals surface area contributed by atoms with Gasteiger partial charge in [-0.05, 0) is 69.8 Å². The highest BCUT2D eigenvalue weighted by molar-refractivity contribution is 7.85. The Balaban J connectivity index is 1.32. The first kappa shape index (κ1) is 28.7. The number of nitrogens with zero attached hydrogens (tertiary/aromatic N) is 3. The van der Waals surface area contributed by atoms with Gasteiger partial charge in [-0.25, -0.2) is 0 Å². The van der Waals surface area contributed by atoms with E-state index in [2.05, 4.69) is 33.2 Å². The van der Waals surface area contributed by atoms with Crippen LogP contribution in [0.3, 0.4) is 0 Å². The predicted molar refractivity (Wildman–Crippen MR) is 185 cm³/mol. The van der Waals surface area contributed by atoms with Crippen LogP contribution in [0.1, 0.15) is 33.4 Å². The van der Waals surface area contributed by atoms with E-state index >= 15 is 4.57 Å². The van der Waals surface area contributed by atoms with Crippen molar-refractivity contribution < 1.29 is 4.57 Å². The van der Waals surface area contributed by atoms with Crippen molar-refractivity contribution in [3.05, 3.63) is 180 Å². The largest absolute Gasteiger partial charge is 0.309 e. The molecule has 0 unspecified atom stereocenters. The molecule has 0 radical (unpaired) electrons. The summed E-state index contributed by atoms with van der Waals surface area (Å²) >= 11 is 0. The summed E-state index contributed by atoms with van der Waals surface area (Å²) in [5.41, 5.74) is 6.32. The molecule has 212 valence electrons. The molecular weight excluding hydrogens is 557 g/mol. The van der Waals surface area contributed by atoms with Crippen LogP contribution in [0.25, 0.3) is 36.5 Å². The fourth-order valence-corrected chi connectivity index (χ4v) is 7.44. The van der Waals surface area contributed by atoms with E-state index < -0.39 is 7.14 Å². The molecule has 0 fully saturated rings. The minimum Gasteiger partial charge on any atom is -0.309 e. The molecule has 0 bridgehead atoms. The number of aromatic nitrogens is 3. The summed E-state index contributed by atoms with van der Waals surface area (Å²) in [6, 6.07) is 35.9. The highest BCUT2D eigenvalue weighted by Crippen LogP contribution is 2.42. The summed E-state index contributed by atoms with van der Waals surface area (Å²) in [4.78, 5) is 12.2. The van der Waals surface area contributed by atoms with Crippen molar-refractivity contribution in [1.29, 1.82) is 0 Å². The van der Waals surface area contributed by atoms with Gasteiger partial charge in [-0.1, -0.05) is 109 Å². The summed E-state index contributed by atoms with van der Waals surface area (Å²) in [7, 11) is -3.16.